The predicted octanol–water partition coefficient (Wildman–Crippen LogP) is 3.90. The lowest BCUT2D eigenvalue weighted by molar-refractivity contribution is -0.146. The Balaban J connectivity index is 1.87. The van der Waals surface area contributed by atoms with Crippen LogP contribution in [0.3, 0.4) is 0 Å². The maximum Gasteiger partial charge on any atom is 0.307 e. The molecule has 2 aliphatic carbocycles. The van der Waals surface area contributed by atoms with Crippen LogP contribution in [0, 0.1) is 18.8 Å². The van der Waals surface area contributed by atoms with E-state index in [4.69, 9.17) is 0 Å². The summed E-state index contributed by atoms with van der Waals surface area (Å²) >= 11 is 1.39. The Kier molecular flexibility index (Phi) is 5.93. The minimum atomic E-state index is -0.949. The second-order valence-corrected chi connectivity index (χ2v) is 9.18. The number of carbonyl (C=O) groups is 3. The largest absolute Gasteiger partial charge is 0.481 e. The number of anilines is 1. The van der Waals surface area contributed by atoms with Crippen molar-refractivity contribution in [3.05, 3.63) is 27.2 Å². The number of carboxylic acid groups (broad SMARTS) is 1. The maximum absolute atomic E-state index is 13.0. The molecule has 152 valence electrons. The molecule has 1 saturated carbocycles. The van der Waals surface area contributed by atoms with E-state index in [1.165, 1.54) is 11.3 Å². The molecule has 1 fully saturated rings. The second kappa shape index (κ2) is 8.07. The van der Waals surface area contributed by atoms with Crippen molar-refractivity contribution in [2.75, 3.05) is 5.32 Å². The quantitative estimate of drug-likeness (QED) is 0.627. The topological polar surface area (TPSA) is 95.5 Å². The van der Waals surface area contributed by atoms with Crippen molar-refractivity contribution in [1.29, 1.82) is 0 Å². The highest BCUT2D eigenvalue weighted by atomic mass is 32.1. The Morgan fingerprint density at radius 3 is 2.21 bits per heavy atom. The van der Waals surface area contributed by atoms with E-state index in [1.54, 1.807) is 0 Å². The number of carboxylic acids is 1. The molecule has 1 heterocycles. The molecule has 7 heteroatoms. The summed E-state index contributed by atoms with van der Waals surface area (Å²) in [6.45, 7) is 7.82. The van der Waals surface area contributed by atoms with Gasteiger partial charge in [0.05, 0.1) is 17.4 Å². The average Bonchev–Trinajstić information content (AvgIpc) is 3.38. The van der Waals surface area contributed by atoms with Crippen molar-refractivity contribution >= 4 is 34.1 Å². The van der Waals surface area contributed by atoms with E-state index in [0.717, 1.165) is 34.4 Å². The molecule has 0 aromatic carbocycles. The van der Waals surface area contributed by atoms with Crippen LogP contribution in [0.15, 0.2) is 11.1 Å². The van der Waals surface area contributed by atoms with Gasteiger partial charge in [0.1, 0.15) is 5.00 Å². The molecular weight excluding hydrogens is 376 g/mol. The van der Waals surface area contributed by atoms with E-state index >= 15 is 0 Å². The van der Waals surface area contributed by atoms with Crippen molar-refractivity contribution in [2.45, 2.75) is 65.8 Å². The van der Waals surface area contributed by atoms with Gasteiger partial charge < -0.3 is 15.7 Å². The molecule has 2 amide bonds. The third-order valence-electron chi connectivity index (χ3n) is 5.86. The molecule has 3 rings (SSSR count). The van der Waals surface area contributed by atoms with Crippen LogP contribution >= 0.6 is 11.3 Å². The van der Waals surface area contributed by atoms with E-state index in [2.05, 4.69) is 10.6 Å². The van der Waals surface area contributed by atoms with Gasteiger partial charge in [-0.25, -0.2) is 0 Å². The fourth-order valence-corrected chi connectivity index (χ4v) is 5.00. The highest BCUT2D eigenvalue weighted by molar-refractivity contribution is 7.16. The number of rotatable bonds is 6. The number of aliphatic carboxylic acids is 1. The Bertz CT molecular complexity index is 851. The zero-order valence-corrected chi connectivity index (χ0v) is 17.7. The van der Waals surface area contributed by atoms with Crippen LogP contribution in [-0.2, 0) is 16.0 Å². The normalized spacial score (nSPS) is 22.1. The highest BCUT2D eigenvalue weighted by Gasteiger charge is 2.38. The minimum Gasteiger partial charge on any atom is -0.481 e. The highest BCUT2D eigenvalue weighted by Crippen LogP contribution is 2.38. The molecule has 28 heavy (non-hydrogen) atoms. The minimum absolute atomic E-state index is 0.149. The Morgan fingerprint density at radius 1 is 1.07 bits per heavy atom. The third kappa shape index (κ3) is 4.14. The first kappa shape index (κ1) is 20.6. The second-order valence-electron chi connectivity index (χ2n) is 7.95. The summed E-state index contributed by atoms with van der Waals surface area (Å²) in [6, 6.07) is 0.228. The lowest BCUT2D eigenvalue weighted by atomic mass is 9.76. The van der Waals surface area contributed by atoms with Crippen molar-refractivity contribution in [3.63, 3.8) is 0 Å². The molecule has 0 unspecified atom stereocenters. The lowest BCUT2D eigenvalue weighted by Gasteiger charge is -2.29. The summed E-state index contributed by atoms with van der Waals surface area (Å²) in [5, 5.41) is 16.0. The number of amides is 2. The molecule has 0 radical (unpaired) electrons. The molecule has 1 aromatic heterocycles. The zero-order valence-electron chi connectivity index (χ0n) is 16.8. The maximum atomic E-state index is 13.0. The molecular formula is C21H28N2O4S. The first-order chi connectivity index (χ1) is 13.2. The number of aryl methyl sites for hydroxylation is 1. The summed E-state index contributed by atoms with van der Waals surface area (Å²) in [7, 11) is 0. The zero-order chi connectivity index (χ0) is 20.6. The van der Waals surface area contributed by atoms with Crippen molar-refractivity contribution in [3.8, 4) is 0 Å². The van der Waals surface area contributed by atoms with Crippen LogP contribution < -0.4 is 10.6 Å². The van der Waals surface area contributed by atoms with Gasteiger partial charge in [-0.1, -0.05) is 18.1 Å². The number of hydrogen-bond donors (Lipinski definition) is 3. The summed E-state index contributed by atoms with van der Waals surface area (Å²) < 4.78 is 0. The van der Waals surface area contributed by atoms with Gasteiger partial charge in [0.25, 0.3) is 5.91 Å². The lowest BCUT2D eigenvalue weighted by Crippen LogP contribution is -2.37. The van der Waals surface area contributed by atoms with Gasteiger partial charge in [0.15, 0.2) is 0 Å². The molecule has 0 bridgehead atoms. The van der Waals surface area contributed by atoms with E-state index in [9.17, 15) is 19.5 Å². The van der Waals surface area contributed by atoms with Crippen LogP contribution in [0.2, 0.25) is 0 Å². The number of allylic oxidation sites excluding steroid dienone is 2. The monoisotopic (exact) mass is 404 g/mol. The number of nitrogens with one attached hydrogen (secondary N) is 2. The van der Waals surface area contributed by atoms with Crippen molar-refractivity contribution < 1.29 is 19.5 Å². The molecule has 0 saturated heterocycles. The van der Waals surface area contributed by atoms with Gasteiger partial charge in [-0.05, 0) is 58.4 Å². The van der Waals surface area contributed by atoms with E-state index in [-0.39, 0.29) is 17.9 Å². The molecule has 2 atom stereocenters. The van der Waals surface area contributed by atoms with Crippen LogP contribution in [0.25, 0.3) is 0 Å². The first-order valence-electron chi connectivity index (χ1n) is 9.84. The summed E-state index contributed by atoms with van der Waals surface area (Å²) in [5.74, 6) is -2.78. The average molecular weight is 405 g/mol. The fraction of sp³-hybridized carbons (Fsp3) is 0.571. The number of thiophene rings is 1. The number of hydrogen-bond acceptors (Lipinski definition) is 4. The SMILES string of the molecule is CCc1c(C)sc(NC(=O)[C@@H]2CC(C)=C(C)C[C@H]2C(=O)O)c1C(=O)NC1CC1. The van der Waals surface area contributed by atoms with Gasteiger partial charge in [0, 0.05) is 10.9 Å². The molecule has 1 aromatic rings. The first-order valence-corrected chi connectivity index (χ1v) is 10.7. The van der Waals surface area contributed by atoms with Crippen molar-refractivity contribution in [1.82, 2.24) is 5.32 Å². The summed E-state index contributed by atoms with van der Waals surface area (Å²) in [5.41, 5.74) is 3.60. The standard InChI is InChI=1S/C21H28N2O4S/c1-5-14-12(4)28-20(17(14)19(25)22-13-6-7-13)23-18(24)15-8-10(2)11(3)9-16(15)21(26)27/h13,15-16H,5-9H2,1-4H3,(H,22,25)(H,23,24)(H,26,27)/t15-,16-/m1/s1. The van der Waals surface area contributed by atoms with E-state index in [1.807, 2.05) is 27.7 Å². The van der Waals surface area contributed by atoms with Gasteiger partial charge >= 0.3 is 5.97 Å². The van der Waals surface area contributed by atoms with E-state index < -0.39 is 17.8 Å². The van der Waals surface area contributed by atoms with Gasteiger partial charge in [-0.2, -0.15) is 0 Å². The molecule has 0 aliphatic heterocycles. The predicted molar refractivity (Wildman–Crippen MR) is 110 cm³/mol. The van der Waals surface area contributed by atoms with Crippen LogP contribution in [0.5, 0.6) is 0 Å². The smallest absolute Gasteiger partial charge is 0.307 e. The van der Waals surface area contributed by atoms with Gasteiger partial charge in [-0.15, -0.1) is 11.3 Å². The molecule has 3 N–H and O–H groups in total. The van der Waals surface area contributed by atoms with Crippen molar-refractivity contribution in [2.24, 2.45) is 11.8 Å². The van der Waals surface area contributed by atoms with E-state index in [0.29, 0.717) is 29.8 Å². The fourth-order valence-electron chi connectivity index (χ4n) is 3.85. The van der Waals surface area contributed by atoms with Crippen LogP contribution in [0.4, 0.5) is 5.00 Å². The molecule has 2 aliphatic rings. The molecule has 6 nitrogen and oxygen atoms in total. The van der Waals surface area contributed by atoms with Gasteiger partial charge in [-0.3, -0.25) is 14.4 Å². The Hall–Kier alpha value is -2.15. The Morgan fingerprint density at radius 2 is 1.68 bits per heavy atom. The summed E-state index contributed by atoms with van der Waals surface area (Å²) in [4.78, 5) is 38.5. The Labute approximate surface area is 169 Å². The van der Waals surface area contributed by atoms with Gasteiger partial charge in [0.2, 0.25) is 5.91 Å². The molecule has 0 spiro atoms. The number of carbonyl (C=O) groups excluding carboxylic acids is 2. The summed E-state index contributed by atoms with van der Waals surface area (Å²) in [6.07, 6.45) is 3.51. The third-order valence-corrected chi connectivity index (χ3v) is 6.92. The van der Waals surface area contributed by atoms with Crippen LogP contribution in [-0.4, -0.2) is 28.9 Å². The van der Waals surface area contributed by atoms with Crippen LogP contribution in [0.1, 0.15) is 67.3 Å².